The van der Waals surface area contributed by atoms with Crippen molar-refractivity contribution >= 4 is 0 Å². The lowest BCUT2D eigenvalue weighted by Gasteiger charge is -2.23. The van der Waals surface area contributed by atoms with Gasteiger partial charge in [-0.25, -0.2) is 0 Å². The molecule has 0 saturated heterocycles. The van der Waals surface area contributed by atoms with Gasteiger partial charge in [-0.05, 0) is 38.2 Å². The van der Waals surface area contributed by atoms with Gasteiger partial charge >= 0.3 is 0 Å². The summed E-state index contributed by atoms with van der Waals surface area (Å²) in [4.78, 5) is 2.23. The minimum Gasteiger partial charge on any atom is -0.508 e. The zero-order chi connectivity index (χ0) is 12.0. The summed E-state index contributed by atoms with van der Waals surface area (Å²) in [5.41, 5.74) is 1.12. The van der Waals surface area contributed by atoms with Crippen LogP contribution >= 0.6 is 0 Å². The highest BCUT2D eigenvalue weighted by Crippen LogP contribution is 2.10. The zero-order valence-corrected chi connectivity index (χ0v) is 10.4. The molecule has 0 aliphatic heterocycles. The lowest BCUT2D eigenvalue weighted by molar-refractivity contribution is 0.276. The van der Waals surface area contributed by atoms with E-state index < -0.39 is 0 Å². The van der Waals surface area contributed by atoms with Crippen molar-refractivity contribution in [1.29, 1.82) is 0 Å². The third-order valence-electron chi connectivity index (χ3n) is 2.82. The normalized spacial score (nSPS) is 13.0. The second-order valence-corrected chi connectivity index (χ2v) is 4.33. The summed E-state index contributed by atoms with van der Waals surface area (Å²) in [6.45, 7) is 3.97. The number of hydrogen-bond donors (Lipinski definition) is 2. The number of hydrogen-bond acceptors (Lipinski definition) is 3. The van der Waals surface area contributed by atoms with Gasteiger partial charge < -0.3 is 15.3 Å². The molecule has 0 aromatic heterocycles. The van der Waals surface area contributed by atoms with Crippen LogP contribution in [-0.2, 0) is 6.54 Å². The number of likely N-dealkylation sites (N-methyl/N-ethyl adjacent to an activating group) is 1. The highest BCUT2D eigenvalue weighted by atomic mass is 16.3. The first-order valence-corrected chi connectivity index (χ1v) is 5.78. The predicted molar refractivity (Wildman–Crippen MR) is 67.6 cm³/mol. The molecule has 0 amide bonds. The average Bonchev–Trinajstić information content (AvgIpc) is 2.24. The van der Waals surface area contributed by atoms with Gasteiger partial charge in [-0.3, -0.25) is 0 Å². The van der Waals surface area contributed by atoms with Crippen molar-refractivity contribution in [3.63, 3.8) is 0 Å². The SMILES string of the molecule is CCC(CNCc1cccc(O)c1)N(C)C. The first-order chi connectivity index (χ1) is 7.63. The van der Waals surface area contributed by atoms with Crippen molar-refractivity contribution in [3.05, 3.63) is 29.8 Å². The Morgan fingerprint density at radius 1 is 1.38 bits per heavy atom. The fourth-order valence-corrected chi connectivity index (χ4v) is 1.74. The van der Waals surface area contributed by atoms with Crippen LogP contribution in [0.2, 0.25) is 0 Å². The van der Waals surface area contributed by atoms with Crippen LogP contribution in [0.5, 0.6) is 5.75 Å². The number of nitrogens with zero attached hydrogens (tertiary/aromatic N) is 1. The molecule has 16 heavy (non-hydrogen) atoms. The Labute approximate surface area is 98.1 Å². The second kappa shape index (κ2) is 6.51. The van der Waals surface area contributed by atoms with Crippen molar-refractivity contribution < 1.29 is 5.11 Å². The second-order valence-electron chi connectivity index (χ2n) is 4.33. The van der Waals surface area contributed by atoms with E-state index in [1.165, 1.54) is 0 Å². The summed E-state index contributed by atoms with van der Waals surface area (Å²) >= 11 is 0. The van der Waals surface area contributed by atoms with Crippen LogP contribution in [-0.4, -0.2) is 36.7 Å². The van der Waals surface area contributed by atoms with E-state index in [9.17, 15) is 5.11 Å². The fraction of sp³-hybridized carbons (Fsp3) is 0.538. The number of benzene rings is 1. The van der Waals surface area contributed by atoms with Crippen LogP contribution in [0.1, 0.15) is 18.9 Å². The molecule has 1 aromatic carbocycles. The van der Waals surface area contributed by atoms with E-state index in [1.54, 1.807) is 12.1 Å². The Bertz CT molecular complexity index is 313. The van der Waals surface area contributed by atoms with Crippen molar-refractivity contribution in [2.75, 3.05) is 20.6 Å². The van der Waals surface area contributed by atoms with Gasteiger partial charge in [0.1, 0.15) is 5.75 Å². The monoisotopic (exact) mass is 222 g/mol. The highest BCUT2D eigenvalue weighted by molar-refractivity contribution is 5.26. The molecule has 0 heterocycles. The van der Waals surface area contributed by atoms with Gasteiger partial charge in [0.15, 0.2) is 0 Å². The Hall–Kier alpha value is -1.06. The molecule has 0 bridgehead atoms. The Morgan fingerprint density at radius 2 is 2.12 bits per heavy atom. The average molecular weight is 222 g/mol. The van der Waals surface area contributed by atoms with Crippen LogP contribution in [0.4, 0.5) is 0 Å². The van der Waals surface area contributed by atoms with Crippen LogP contribution < -0.4 is 5.32 Å². The maximum atomic E-state index is 9.32. The summed E-state index contributed by atoms with van der Waals surface area (Å²) < 4.78 is 0. The molecule has 1 atom stereocenters. The maximum Gasteiger partial charge on any atom is 0.115 e. The molecule has 3 nitrogen and oxygen atoms in total. The lowest BCUT2D eigenvalue weighted by atomic mass is 10.2. The minimum absolute atomic E-state index is 0.332. The molecule has 0 aliphatic rings. The number of aromatic hydroxyl groups is 1. The molecule has 0 radical (unpaired) electrons. The summed E-state index contributed by atoms with van der Waals surface area (Å²) in [6, 6.07) is 7.94. The van der Waals surface area contributed by atoms with Gasteiger partial charge in [0.05, 0.1) is 0 Å². The standard InChI is InChI=1S/C13H22N2O/c1-4-12(15(2)3)10-14-9-11-6-5-7-13(16)8-11/h5-8,12,14,16H,4,9-10H2,1-3H3. The molecule has 0 aliphatic carbocycles. The Kier molecular flexibility index (Phi) is 5.29. The van der Waals surface area contributed by atoms with Crippen molar-refractivity contribution in [3.8, 4) is 5.75 Å². The number of rotatable bonds is 6. The van der Waals surface area contributed by atoms with E-state index in [4.69, 9.17) is 0 Å². The van der Waals surface area contributed by atoms with E-state index in [-0.39, 0.29) is 0 Å². The summed E-state index contributed by atoms with van der Waals surface area (Å²) in [5.74, 6) is 0.332. The Balaban J connectivity index is 2.35. The summed E-state index contributed by atoms with van der Waals surface area (Å²) in [6.07, 6.45) is 1.14. The topological polar surface area (TPSA) is 35.5 Å². The van der Waals surface area contributed by atoms with Gasteiger partial charge in [-0.15, -0.1) is 0 Å². The van der Waals surface area contributed by atoms with Gasteiger partial charge in [0.25, 0.3) is 0 Å². The Morgan fingerprint density at radius 3 is 2.69 bits per heavy atom. The van der Waals surface area contributed by atoms with Crippen LogP contribution in [0, 0.1) is 0 Å². The molecular formula is C13H22N2O. The largest absolute Gasteiger partial charge is 0.508 e. The van der Waals surface area contributed by atoms with Crippen molar-refractivity contribution in [2.24, 2.45) is 0 Å². The molecule has 1 rings (SSSR count). The smallest absolute Gasteiger partial charge is 0.115 e. The molecule has 3 heteroatoms. The van der Waals surface area contributed by atoms with Crippen molar-refractivity contribution in [2.45, 2.75) is 25.9 Å². The van der Waals surface area contributed by atoms with Gasteiger partial charge in [0, 0.05) is 19.1 Å². The maximum absolute atomic E-state index is 9.32. The number of nitrogens with one attached hydrogen (secondary N) is 1. The van der Waals surface area contributed by atoms with E-state index in [1.807, 2.05) is 12.1 Å². The lowest BCUT2D eigenvalue weighted by Crippen LogP contribution is -2.37. The number of phenolic OH excluding ortho intramolecular Hbond substituents is 1. The highest BCUT2D eigenvalue weighted by Gasteiger charge is 2.07. The summed E-state index contributed by atoms with van der Waals surface area (Å²) in [7, 11) is 4.20. The quantitative estimate of drug-likeness (QED) is 0.770. The van der Waals surface area contributed by atoms with Gasteiger partial charge in [-0.1, -0.05) is 19.1 Å². The fourth-order valence-electron chi connectivity index (χ4n) is 1.74. The van der Waals surface area contributed by atoms with Crippen LogP contribution in [0.3, 0.4) is 0 Å². The van der Waals surface area contributed by atoms with Gasteiger partial charge in [0.2, 0.25) is 0 Å². The molecule has 0 spiro atoms. The van der Waals surface area contributed by atoms with Crippen LogP contribution in [0.15, 0.2) is 24.3 Å². The summed E-state index contributed by atoms with van der Waals surface area (Å²) in [5, 5.41) is 12.7. The third kappa shape index (κ3) is 4.21. The van der Waals surface area contributed by atoms with Gasteiger partial charge in [-0.2, -0.15) is 0 Å². The first kappa shape index (κ1) is 13.0. The first-order valence-electron chi connectivity index (χ1n) is 5.78. The van der Waals surface area contributed by atoms with Crippen molar-refractivity contribution in [1.82, 2.24) is 10.2 Å². The molecule has 90 valence electrons. The zero-order valence-electron chi connectivity index (χ0n) is 10.4. The van der Waals surface area contributed by atoms with E-state index in [0.717, 1.165) is 25.1 Å². The van der Waals surface area contributed by atoms with E-state index in [2.05, 4.69) is 31.2 Å². The molecule has 0 saturated carbocycles. The minimum atomic E-state index is 0.332. The molecule has 0 fully saturated rings. The molecule has 1 aromatic rings. The van der Waals surface area contributed by atoms with Crippen LogP contribution in [0.25, 0.3) is 0 Å². The molecule has 2 N–H and O–H groups in total. The number of phenols is 1. The predicted octanol–water partition coefficient (Wildman–Crippen LogP) is 1.82. The van der Waals surface area contributed by atoms with E-state index in [0.29, 0.717) is 11.8 Å². The van der Waals surface area contributed by atoms with E-state index >= 15 is 0 Å². The third-order valence-corrected chi connectivity index (χ3v) is 2.82. The molecular weight excluding hydrogens is 200 g/mol. The molecule has 1 unspecified atom stereocenters.